The standard InChI is InChI=1S/C21H24N4O3S/c1-24-11-8-17-12-19(6-7-20(17)24)29(27,28)25-10-3-5-18(15-25)21(26)23-14-16-4-2-9-22-13-16/h2,4,6-9,11-13,18H,3,5,10,14-15H2,1H3,(H,23,26)/t18-/m0/s1. The monoisotopic (exact) mass is 412 g/mol. The van der Waals surface area contributed by atoms with Crippen LogP contribution in [0.2, 0.25) is 0 Å². The summed E-state index contributed by atoms with van der Waals surface area (Å²) in [5.41, 5.74) is 1.90. The summed E-state index contributed by atoms with van der Waals surface area (Å²) in [5.74, 6) is -0.470. The van der Waals surface area contributed by atoms with Gasteiger partial charge in [0.05, 0.1) is 10.8 Å². The maximum atomic E-state index is 13.2. The molecule has 0 radical (unpaired) electrons. The van der Waals surface area contributed by atoms with Gasteiger partial charge in [-0.1, -0.05) is 6.07 Å². The zero-order valence-corrected chi connectivity index (χ0v) is 17.1. The Morgan fingerprint density at radius 2 is 2.14 bits per heavy atom. The Hall–Kier alpha value is -2.71. The van der Waals surface area contributed by atoms with Gasteiger partial charge in [0, 0.05) is 56.2 Å². The lowest BCUT2D eigenvalue weighted by Crippen LogP contribution is -2.45. The molecule has 0 bridgehead atoms. The van der Waals surface area contributed by atoms with E-state index in [2.05, 4.69) is 10.3 Å². The van der Waals surface area contributed by atoms with Crippen molar-refractivity contribution in [3.63, 3.8) is 0 Å². The molecule has 3 heterocycles. The van der Waals surface area contributed by atoms with Crippen molar-refractivity contribution in [2.75, 3.05) is 13.1 Å². The average Bonchev–Trinajstić information content (AvgIpc) is 3.13. The van der Waals surface area contributed by atoms with Gasteiger partial charge in [-0.25, -0.2) is 8.42 Å². The molecule has 1 aliphatic heterocycles. The molecule has 1 N–H and O–H groups in total. The molecule has 8 heteroatoms. The molecule has 1 saturated heterocycles. The van der Waals surface area contributed by atoms with Gasteiger partial charge in [0.1, 0.15) is 0 Å². The van der Waals surface area contributed by atoms with E-state index in [4.69, 9.17) is 0 Å². The molecule has 1 atom stereocenters. The molecule has 0 unspecified atom stereocenters. The smallest absolute Gasteiger partial charge is 0.243 e. The van der Waals surface area contributed by atoms with Crippen LogP contribution in [0.1, 0.15) is 18.4 Å². The first-order chi connectivity index (χ1) is 13.9. The highest BCUT2D eigenvalue weighted by Crippen LogP contribution is 2.26. The molecule has 152 valence electrons. The Morgan fingerprint density at radius 3 is 2.93 bits per heavy atom. The van der Waals surface area contributed by atoms with Gasteiger partial charge in [0.15, 0.2) is 0 Å². The van der Waals surface area contributed by atoms with Crippen LogP contribution >= 0.6 is 0 Å². The number of pyridine rings is 1. The number of nitrogens with zero attached hydrogens (tertiary/aromatic N) is 3. The van der Waals surface area contributed by atoms with E-state index in [1.165, 1.54) is 4.31 Å². The fourth-order valence-corrected chi connectivity index (χ4v) is 5.34. The largest absolute Gasteiger partial charge is 0.352 e. The van der Waals surface area contributed by atoms with Crippen LogP contribution in [0.4, 0.5) is 0 Å². The van der Waals surface area contributed by atoms with Crippen LogP contribution < -0.4 is 5.32 Å². The van der Waals surface area contributed by atoms with Crippen LogP contribution in [-0.2, 0) is 28.4 Å². The van der Waals surface area contributed by atoms with Crippen molar-refractivity contribution in [1.29, 1.82) is 0 Å². The maximum absolute atomic E-state index is 13.2. The number of amides is 1. The van der Waals surface area contributed by atoms with Gasteiger partial charge in [0.2, 0.25) is 15.9 Å². The Morgan fingerprint density at radius 1 is 1.28 bits per heavy atom. The van der Waals surface area contributed by atoms with Crippen molar-refractivity contribution >= 4 is 26.8 Å². The van der Waals surface area contributed by atoms with Crippen molar-refractivity contribution in [3.8, 4) is 0 Å². The fraction of sp³-hybridized carbons (Fsp3) is 0.333. The van der Waals surface area contributed by atoms with Crippen molar-refractivity contribution in [2.45, 2.75) is 24.3 Å². The molecule has 1 fully saturated rings. The quantitative estimate of drug-likeness (QED) is 0.697. The zero-order valence-electron chi connectivity index (χ0n) is 16.3. The number of hydrogen-bond donors (Lipinski definition) is 1. The molecular weight excluding hydrogens is 388 g/mol. The van der Waals surface area contributed by atoms with E-state index in [-0.39, 0.29) is 23.3 Å². The number of rotatable bonds is 5. The number of carbonyl (C=O) groups is 1. The molecule has 0 spiro atoms. The third-order valence-corrected chi connectivity index (χ3v) is 7.30. The summed E-state index contributed by atoms with van der Waals surface area (Å²) in [6.45, 7) is 1.02. The molecule has 1 amide bonds. The van der Waals surface area contributed by atoms with Crippen molar-refractivity contribution < 1.29 is 13.2 Å². The normalized spacial score (nSPS) is 18.0. The summed E-state index contributed by atoms with van der Waals surface area (Å²) in [7, 11) is -1.72. The van der Waals surface area contributed by atoms with Gasteiger partial charge in [-0.05, 0) is 48.7 Å². The highest BCUT2D eigenvalue weighted by molar-refractivity contribution is 7.89. The summed E-state index contributed by atoms with van der Waals surface area (Å²) in [4.78, 5) is 16.9. The number of nitrogens with one attached hydrogen (secondary N) is 1. The third kappa shape index (κ3) is 4.04. The molecule has 4 rings (SSSR count). The SMILES string of the molecule is Cn1ccc2cc(S(=O)(=O)N3CCC[C@H](C(=O)NCc4cccnc4)C3)ccc21. The van der Waals surface area contributed by atoms with Gasteiger partial charge in [-0.15, -0.1) is 0 Å². The minimum atomic E-state index is -3.64. The van der Waals surface area contributed by atoms with Crippen LogP contribution in [0.3, 0.4) is 0 Å². The number of hydrogen-bond acceptors (Lipinski definition) is 4. The summed E-state index contributed by atoms with van der Waals surface area (Å²) in [6, 6.07) is 10.8. The van der Waals surface area contributed by atoms with Crippen LogP contribution in [0, 0.1) is 5.92 Å². The van der Waals surface area contributed by atoms with E-state index in [0.717, 1.165) is 16.5 Å². The second kappa shape index (κ2) is 7.96. The number of sulfonamides is 1. The lowest BCUT2D eigenvalue weighted by atomic mass is 9.99. The fourth-order valence-electron chi connectivity index (χ4n) is 3.78. The van der Waals surface area contributed by atoms with Crippen LogP contribution in [-0.4, -0.2) is 41.3 Å². The van der Waals surface area contributed by atoms with E-state index in [1.54, 1.807) is 24.5 Å². The average molecular weight is 413 g/mol. The van der Waals surface area contributed by atoms with Gasteiger partial charge in [0.25, 0.3) is 0 Å². The minimum absolute atomic E-state index is 0.118. The number of carbonyl (C=O) groups excluding carboxylic acids is 1. The first-order valence-electron chi connectivity index (χ1n) is 9.67. The summed E-state index contributed by atoms with van der Waals surface area (Å²) in [5, 5.41) is 3.79. The zero-order chi connectivity index (χ0) is 20.4. The molecule has 1 aliphatic rings. The first kappa shape index (κ1) is 19.6. The predicted octanol–water partition coefficient (Wildman–Crippen LogP) is 2.29. The van der Waals surface area contributed by atoms with Gasteiger partial charge >= 0.3 is 0 Å². The molecule has 3 aromatic rings. The highest BCUT2D eigenvalue weighted by Gasteiger charge is 2.33. The third-order valence-electron chi connectivity index (χ3n) is 5.44. The van der Waals surface area contributed by atoms with Crippen LogP contribution in [0.5, 0.6) is 0 Å². The molecule has 0 aliphatic carbocycles. The maximum Gasteiger partial charge on any atom is 0.243 e. The second-order valence-electron chi connectivity index (χ2n) is 7.43. The number of fused-ring (bicyclic) bond motifs is 1. The van der Waals surface area contributed by atoms with E-state index in [1.807, 2.05) is 42.1 Å². The Bertz CT molecular complexity index is 1130. The number of piperidine rings is 1. The molecule has 2 aromatic heterocycles. The lowest BCUT2D eigenvalue weighted by molar-refractivity contribution is -0.126. The lowest BCUT2D eigenvalue weighted by Gasteiger charge is -2.31. The number of benzene rings is 1. The predicted molar refractivity (Wildman–Crippen MR) is 110 cm³/mol. The highest BCUT2D eigenvalue weighted by atomic mass is 32.2. The van der Waals surface area contributed by atoms with Crippen molar-refractivity contribution in [1.82, 2.24) is 19.2 Å². The van der Waals surface area contributed by atoms with Gasteiger partial charge < -0.3 is 9.88 Å². The van der Waals surface area contributed by atoms with Gasteiger partial charge in [-0.2, -0.15) is 4.31 Å². The molecule has 29 heavy (non-hydrogen) atoms. The molecule has 7 nitrogen and oxygen atoms in total. The molecule has 0 saturated carbocycles. The van der Waals surface area contributed by atoms with E-state index in [9.17, 15) is 13.2 Å². The Labute approximate surface area is 170 Å². The summed E-state index contributed by atoms with van der Waals surface area (Å²) in [6.07, 6.45) is 6.64. The molecule has 1 aromatic carbocycles. The number of aryl methyl sites for hydroxylation is 1. The number of aromatic nitrogens is 2. The summed E-state index contributed by atoms with van der Waals surface area (Å²) < 4.78 is 29.7. The van der Waals surface area contributed by atoms with Crippen LogP contribution in [0.15, 0.2) is 59.9 Å². The van der Waals surface area contributed by atoms with Crippen molar-refractivity contribution in [3.05, 3.63) is 60.6 Å². The molecular formula is C21H24N4O3S. The van der Waals surface area contributed by atoms with Crippen LogP contribution in [0.25, 0.3) is 10.9 Å². The Balaban J connectivity index is 1.46. The first-order valence-corrected chi connectivity index (χ1v) is 11.1. The second-order valence-corrected chi connectivity index (χ2v) is 9.37. The van der Waals surface area contributed by atoms with E-state index in [0.29, 0.717) is 25.9 Å². The Kier molecular flexibility index (Phi) is 5.38. The minimum Gasteiger partial charge on any atom is -0.352 e. The van der Waals surface area contributed by atoms with Crippen molar-refractivity contribution in [2.24, 2.45) is 13.0 Å². The van der Waals surface area contributed by atoms with E-state index >= 15 is 0 Å². The van der Waals surface area contributed by atoms with E-state index < -0.39 is 10.0 Å². The summed E-state index contributed by atoms with van der Waals surface area (Å²) >= 11 is 0. The topological polar surface area (TPSA) is 84.3 Å². The van der Waals surface area contributed by atoms with Gasteiger partial charge in [-0.3, -0.25) is 9.78 Å².